The molecule has 0 aliphatic carbocycles. The molecule has 0 amide bonds. The minimum absolute atomic E-state index is 0.00145. The second-order valence-electron chi connectivity index (χ2n) is 17.8. The van der Waals surface area contributed by atoms with Gasteiger partial charge < -0.3 is 38.6 Å². The maximum atomic E-state index is 12.7. The van der Waals surface area contributed by atoms with Gasteiger partial charge in [0, 0.05) is 39.3 Å². The smallest absolute Gasteiger partial charge is 0.178 e. The van der Waals surface area contributed by atoms with Crippen molar-refractivity contribution in [2.24, 2.45) is 0 Å². The zero-order valence-electron chi connectivity index (χ0n) is 39.9. The molecular formula is C58H78O9. The summed E-state index contributed by atoms with van der Waals surface area (Å²) in [6.07, 6.45) is 22.4. The molecule has 364 valence electrons. The maximum absolute atomic E-state index is 12.7. The van der Waals surface area contributed by atoms with E-state index in [2.05, 4.69) is 48.5 Å². The number of benzene rings is 4. The SMILES string of the molecule is O=C(/C=C/C[C@@H](CCCOCc1ccccc1)OCc1ccccc1)/C=C/C[C@@H](CCCOCc1ccccc1)OCc1ccccc1.OCCC[C@@H]1CCCC2(CCC[C@@H](CCCO)O2)O1. The Morgan fingerprint density at radius 3 is 1.30 bits per heavy atom. The first-order valence-electron chi connectivity index (χ1n) is 25.0. The normalized spacial score (nSPS) is 17.9. The predicted octanol–water partition coefficient (Wildman–Crippen LogP) is 12.0. The second-order valence-corrected chi connectivity index (χ2v) is 17.8. The van der Waals surface area contributed by atoms with Crippen LogP contribution in [0.1, 0.15) is 125 Å². The molecule has 67 heavy (non-hydrogen) atoms. The highest BCUT2D eigenvalue weighted by atomic mass is 16.7. The Hall–Kier alpha value is -4.29. The summed E-state index contributed by atoms with van der Waals surface area (Å²) in [5, 5.41) is 17.9. The number of hydrogen-bond donors (Lipinski definition) is 2. The van der Waals surface area contributed by atoms with E-state index in [4.69, 9.17) is 38.6 Å². The summed E-state index contributed by atoms with van der Waals surface area (Å²) in [4.78, 5) is 12.7. The number of aliphatic hydroxyl groups is 2. The van der Waals surface area contributed by atoms with E-state index in [1.807, 2.05) is 84.9 Å². The summed E-state index contributed by atoms with van der Waals surface area (Å²) >= 11 is 0. The molecule has 2 heterocycles. The Bertz CT molecular complexity index is 1750. The van der Waals surface area contributed by atoms with Crippen molar-refractivity contribution in [3.05, 3.63) is 168 Å². The van der Waals surface area contributed by atoms with Crippen LogP contribution in [-0.2, 0) is 59.6 Å². The van der Waals surface area contributed by atoms with Crippen molar-refractivity contribution >= 4 is 5.78 Å². The molecule has 9 heteroatoms. The molecule has 0 radical (unpaired) electrons. The summed E-state index contributed by atoms with van der Waals surface area (Å²) in [5.41, 5.74) is 4.62. The first-order valence-corrected chi connectivity index (χ1v) is 25.0. The Morgan fingerprint density at radius 2 is 0.925 bits per heavy atom. The summed E-state index contributed by atoms with van der Waals surface area (Å²) in [6, 6.07) is 40.8. The first kappa shape index (κ1) is 53.7. The molecule has 2 fully saturated rings. The van der Waals surface area contributed by atoms with E-state index in [-0.39, 0.29) is 49.2 Å². The minimum atomic E-state index is -0.364. The van der Waals surface area contributed by atoms with Crippen LogP contribution in [0.3, 0.4) is 0 Å². The molecule has 2 aliphatic rings. The van der Waals surface area contributed by atoms with Crippen LogP contribution in [0.15, 0.2) is 146 Å². The number of ketones is 1. The Kier molecular flexibility index (Phi) is 26.6. The van der Waals surface area contributed by atoms with Crippen LogP contribution in [0.25, 0.3) is 0 Å². The molecule has 6 rings (SSSR count). The van der Waals surface area contributed by atoms with Gasteiger partial charge in [0.15, 0.2) is 11.6 Å². The van der Waals surface area contributed by atoms with Crippen LogP contribution in [0, 0.1) is 0 Å². The molecule has 0 unspecified atom stereocenters. The van der Waals surface area contributed by atoms with Crippen LogP contribution in [0.5, 0.6) is 0 Å². The predicted molar refractivity (Wildman–Crippen MR) is 266 cm³/mol. The number of carbonyl (C=O) groups is 1. The maximum Gasteiger partial charge on any atom is 0.178 e. The number of aliphatic hydroxyl groups excluding tert-OH is 2. The summed E-state index contributed by atoms with van der Waals surface area (Å²) in [7, 11) is 0. The number of rotatable bonds is 30. The van der Waals surface area contributed by atoms with Gasteiger partial charge in [0.2, 0.25) is 0 Å². The molecule has 0 bridgehead atoms. The van der Waals surface area contributed by atoms with Gasteiger partial charge in [-0.05, 0) is 124 Å². The molecule has 2 N–H and O–H groups in total. The molecule has 2 aliphatic heterocycles. The third kappa shape index (κ3) is 23.0. The van der Waals surface area contributed by atoms with Gasteiger partial charge in [0.05, 0.1) is 50.8 Å². The number of allylic oxidation sites excluding steroid dienone is 2. The van der Waals surface area contributed by atoms with E-state index in [9.17, 15) is 4.79 Å². The zero-order chi connectivity index (χ0) is 46.9. The van der Waals surface area contributed by atoms with Crippen molar-refractivity contribution in [3.8, 4) is 0 Å². The zero-order valence-corrected chi connectivity index (χ0v) is 39.9. The fraction of sp³-hybridized carbons (Fsp3) is 0.500. The average Bonchev–Trinajstić information content (AvgIpc) is 3.37. The van der Waals surface area contributed by atoms with E-state index in [0.717, 1.165) is 101 Å². The Labute approximate surface area is 401 Å². The molecule has 0 saturated carbocycles. The Balaban J connectivity index is 0.000000367. The molecule has 0 aromatic heterocycles. The largest absolute Gasteiger partial charge is 0.396 e. The summed E-state index contributed by atoms with van der Waals surface area (Å²) in [5.74, 6) is -0.396. The lowest BCUT2D eigenvalue weighted by molar-refractivity contribution is -0.316. The highest BCUT2D eigenvalue weighted by Crippen LogP contribution is 2.40. The number of hydrogen-bond acceptors (Lipinski definition) is 9. The van der Waals surface area contributed by atoms with Crippen molar-refractivity contribution in [3.63, 3.8) is 0 Å². The van der Waals surface area contributed by atoms with Gasteiger partial charge >= 0.3 is 0 Å². The highest BCUT2D eigenvalue weighted by Gasteiger charge is 2.42. The highest BCUT2D eigenvalue weighted by molar-refractivity contribution is 5.99. The first-order chi connectivity index (χ1) is 33.0. The van der Waals surface area contributed by atoms with E-state index >= 15 is 0 Å². The topological polar surface area (TPSA) is 113 Å². The molecule has 4 aromatic carbocycles. The summed E-state index contributed by atoms with van der Waals surface area (Å²) < 4.78 is 36.8. The molecule has 4 aromatic rings. The Morgan fingerprint density at radius 1 is 0.552 bits per heavy atom. The van der Waals surface area contributed by atoms with E-state index in [0.29, 0.717) is 52.5 Å². The third-order valence-corrected chi connectivity index (χ3v) is 12.2. The van der Waals surface area contributed by atoms with Crippen LogP contribution in [0.2, 0.25) is 0 Å². The van der Waals surface area contributed by atoms with E-state index in [1.54, 1.807) is 12.2 Å². The molecule has 2 saturated heterocycles. The van der Waals surface area contributed by atoms with Crippen LogP contribution >= 0.6 is 0 Å². The van der Waals surface area contributed by atoms with Crippen molar-refractivity contribution in [1.29, 1.82) is 0 Å². The lowest BCUT2D eigenvalue weighted by Crippen LogP contribution is -2.48. The number of ether oxygens (including phenoxy) is 6. The fourth-order valence-electron chi connectivity index (χ4n) is 8.55. The van der Waals surface area contributed by atoms with Crippen LogP contribution < -0.4 is 0 Å². The number of carbonyl (C=O) groups excluding carboxylic acids is 1. The average molecular weight is 919 g/mol. The van der Waals surface area contributed by atoms with Gasteiger partial charge in [-0.3, -0.25) is 4.79 Å². The van der Waals surface area contributed by atoms with E-state index < -0.39 is 0 Å². The van der Waals surface area contributed by atoms with Crippen molar-refractivity contribution < 1.29 is 43.4 Å². The van der Waals surface area contributed by atoms with E-state index in [1.165, 1.54) is 11.1 Å². The lowest BCUT2D eigenvalue weighted by Gasteiger charge is -2.46. The fourth-order valence-corrected chi connectivity index (χ4v) is 8.55. The quantitative estimate of drug-likeness (QED) is 0.0390. The van der Waals surface area contributed by atoms with Crippen molar-refractivity contribution in [1.82, 2.24) is 0 Å². The molecule has 1 spiro atoms. The van der Waals surface area contributed by atoms with Crippen LogP contribution in [0.4, 0.5) is 0 Å². The molecular weight excluding hydrogens is 841 g/mol. The minimum Gasteiger partial charge on any atom is -0.396 e. The summed E-state index contributed by atoms with van der Waals surface area (Å²) in [6.45, 7) is 4.12. The van der Waals surface area contributed by atoms with Gasteiger partial charge in [-0.25, -0.2) is 0 Å². The van der Waals surface area contributed by atoms with Crippen molar-refractivity contribution in [2.45, 2.75) is 159 Å². The van der Waals surface area contributed by atoms with Gasteiger partial charge in [-0.2, -0.15) is 0 Å². The standard InChI is InChI=1S/C43H50O5.C15H28O4/c44-41(25-13-27-42(47-35-39-21-9-3-10-22-39)29-15-31-45-33-37-17-5-1-6-18-37)26-14-28-43(48-36-40-23-11-4-12-24-40)30-16-32-46-34-38-19-7-2-8-20-38;16-11-3-7-13-5-1-9-15(18-13)10-2-6-14(19-15)8-4-12-17/h1-14,17-26,42-43H,15-16,27-36H2;13-14,16-17H,1-12H2/b25-13+,26-14+;/t42-,43-;13-,14-,15?/m00/s1. The van der Waals surface area contributed by atoms with Gasteiger partial charge in [-0.1, -0.05) is 133 Å². The van der Waals surface area contributed by atoms with Crippen LogP contribution in [-0.4, -0.2) is 72.6 Å². The monoisotopic (exact) mass is 919 g/mol. The second kappa shape index (κ2) is 33.2. The van der Waals surface area contributed by atoms with Gasteiger partial charge in [-0.15, -0.1) is 0 Å². The van der Waals surface area contributed by atoms with Crippen molar-refractivity contribution in [2.75, 3.05) is 26.4 Å². The molecule has 4 atom stereocenters. The lowest BCUT2D eigenvalue weighted by atomic mass is 9.91. The van der Waals surface area contributed by atoms with Gasteiger partial charge in [0.1, 0.15) is 0 Å². The third-order valence-electron chi connectivity index (χ3n) is 12.2. The van der Waals surface area contributed by atoms with Gasteiger partial charge in [0.25, 0.3) is 0 Å². The molecule has 9 nitrogen and oxygen atoms in total.